The van der Waals surface area contributed by atoms with Gasteiger partial charge in [0, 0.05) is 0 Å². The second kappa shape index (κ2) is 6.62. The molecular weight excluding hydrogens is 314 g/mol. The van der Waals surface area contributed by atoms with E-state index in [1.165, 1.54) is 0 Å². The Kier molecular flexibility index (Phi) is 4.39. The Morgan fingerprint density at radius 3 is 2.04 bits per heavy atom. The zero-order valence-corrected chi connectivity index (χ0v) is 13.4. The molecule has 3 aromatic rings. The van der Waals surface area contributed by atoms with Gasteiger partial charge in [-0.25, -0.2) is 0 Å². The molecule has 116 valence electrons. The zero-order chi connectivity index (χ0) is 16.2. The largest absolute Gasteiger partial charge is 0.424 e. The summed E-state index contributed by atoms with van der Waals surface area (Å²) in [5.74, 6) is 1.23. The van der Waals surface area contributed by atoms with Crippen LogP contribution in [0.1, 0.15) is 11.1 Å². The molecule has 0 aliphatic heterocycles. The monoisotopic (exact) mass is 327 g/mol. The van der Waals surface area contributed by atoms with Crippen molar-refractivity contribution in [2.45, 2.75) is 13.8 Å². The zero-order valence-electron chi connectivity index (χ0n) is 12.7. The van der Waals surface area contributed by atoms with Crippen LogP contribution in [0.5, 0.6) is 23.5 Å². The molecule has 0 aliphatic carbocycles. The molecule has 0 saturated carbocycles. The summed E-state index contributed by atoms with van der Waals surface area (Å²) in [5.41, 5.74) is 2.20. The molecule has 0 radical (unpaired) electrons. The Hall–Kier alpha value is -2.66. The maximum absolute atomic E-state index is 5.92. The van der Waals surface area contributed by atoms with Crippen LogP contribution >= 0.6 is 11.6 Å². The number of aromatic nitrogens is 3. The first-order chi connectivity index (χ1) is 11.1. The molecule has 2 aromatic carbocycles. The van der Waals surface area contributed by atoms with E-state index in [-0.39, 0.29) is 17.3 Å². The summed E-state index contributed by atoms with van der Waals surface area (Å²) >= 11 is 5.92. The van der Waals surface area contributed by atoms with Crippen molar-refractivity contribution in [3.63, 3.8) is 0 Å². The van der Waals surface area contributed by atoms with Crippen LogP contribution in [0, 0.1) is 13.8 Å². The van der Waals surface area contributed by atoms with Gasteiger partial charge in [0.05, 0.1) is 0 Å². The molecule has 0 aliphatic rings. The molecule has 0 saturated heterocycles. The summed E-state index contributed by atoms with van der Waals surface area (Å²) in [5, 5.41) is 0.00441. The highest BCUT2D eigenvalue weighted by atomic mass is 35.5. The van der Waals surface area contributed by atoms with E-state index in [0.29, 0.717) is 11.5 Å². The highest BCUT2D eigenvalue weighted by Gasteiger charge is 2.09. The lowest BCUT2D eigenvalue weighted by Gasteiger charge is -2.07. The lowest BCUT2D eigenvalue weighted by Crippen LogP contribution is -1.98. The van der Waals surface area contributed by atoms with Gasteiger partial charge >= 0.3 is 12.0 Å². The summed E-state index contributed by atoms with van der Waals surface area (Å²) in [4.78, 5) is 12.0. The SMILES string of the molecule is Cc1ccc(Oc2nc(Cl)nc(Oc3cccc(C)c3)n2)cc1. The first kappa shape index (κ1) is 15.2. The van der Waals surface area contributed by atoms with E-state index in [0.717, 1.165) is 11.1 Å². The Morgan fingerprint density at radius 1 is 0.739 bits per heavy atom. The van der Waals surface area contributed by atoms with Gasteiger partial charge < -0.3 is 9.47 Å². The van der Waals surface area contributed by atoms with Crippen molar-refractivity contribution in [2.75, 3.05) is 0 Å². The van der Waals surface area contributed by atoms with E-state index in [9.17, 15) is 0 Å². The lowest BCUT2D eigenvalue weighted by atomic mass is 10.2. The van der Waals surface area contributed by atoms with Crippen LogP contribution in [0.2, 0.25) is 5.28 Å². The summed E-state index contributed by atoms with van der Waals surface area (Å²) in [6, 6.07) is 15.2. The van der Waals surface area contributed by atoms with Crippen molar-refractivity contribution in [2.24, 2.45) is 0 Å². The summed E-state index contributed by atoms with van der Waals surface area (Å²) in [6.45, 7) is 3.97. The average Bonchev–Trinajstić information content (AvgIpc) is 2.49. The topological polar surface area (TPSA) is 57.1 Å². The van der Waals surface area contributed by atoms with Gasteiger partial charge in [-0.1, -0.05) is 29.8 Å². The van der Waals surface area contributed by atoms with Crippen LogP contribution in [-0.2, 0) is 0 Å². The molecule has 0 unspecified atom stereocenters. The van der Waals surface area contributed by atoms with Crippen molar-refractivity contribution in [3.8, 4) is 23.5 Å². The molecule has 5 nitrogen and oxygen atoms in total. The predicted octanol–water partition coefficient (Wildman–Crippen LogP) is 4.73. The van der Waals surface area contributed by atoms with Gasteiger partial charge in [-0.2, -0.15) is 9.97 Å². The maximum Gasteiger partial charge on any atom is 0.329 e. The Balaban J connectivity index is 1.82. The van der Waals surface area contributed by atoms with Gasteiger partial charge in [0.1, 0.15) is 11.5 Å². The minimum Gasteiger partial charge on any atom is -0.424 e. The minimum absolute atomic E-state index is 0.00441. The first-order valence-corrected chi connectivity index (χ1v) is 7.37. The van der Waals surface area contributed by atoms with Gasteiger partial charge in [0.2, 0.25) is 5.28 Å². The third kappa shape index (κ3) is 4.17. The normalized spacial score (nSPS) is 10.4. The van der Waals surface area contributed by atoms with E-state index in [4.69, 9.17) is 21.1 Å². The van der Waals surface area contributed by atoms with Crippen LogP contribution in [0.3, 0.4) is 0 Å². The average molecular weight is 328 g/mol. The first-order valence-electron chi connectivity index (χ1n) is 6.99. The smallest absolute Gasteiger partial charge is 0.329 e. The fourth-order valence-corrected chi connectivity index (χ4v) is 2.05. The minimum atomic E-state index is 0.00441. The lowest BCUT2D eigenvalue weighted by molar-refractivity contribution is 0.397. The fourth-order valence-electron chi connectivity index (χ4n) is 1.90. The number of rotatable bonds is 4. The van der Waals surface area contributed by atoms with Crippen LogP contribution in [0.15, 0.2) is 48.5 Å². The molecule has 23 heavy (non-hydrogen) atoms. The van der Waals surface area contributed by atoms with Crippen LogP contribution in [-0.4, -0.2) is 15.0 Å². The fraction of sp³-hybridized carbons (Fsp3) is 0.118. The standard InChI is InChI=1S/C17H14ClN3O2/c1-11-6-8-13(9-7-11)22-16-19-15(18)20-17(21-16)23-14-5-3-4-12(2)10-14/h3-10H,1-2H3. The van der Waals surface area contributed by atoms with Crippen molar-refractivity contribution < 1.29 is 9.47 Å². The number of ether oxygens (including phenoxy) is 2. The molecule has 1 heterocycles. The number of hydrogen-bond acceptors (Lipinski definition) is 5. The molecule has 3 rings (SSSR count). The summed E-state index contributed by atoms with van der Waals surface area (Å²) < 4.78 is 11.2. The molecule has 0 fully saturated rings. The Labute approximate surface area is 138 Å². The second-order valence-electron chi connectivity index (χ2n) is 5.00. The highest BCUT2D eigenvalue weighted by molar-refractivity contribution is 6.28. The molecule has 0 bridgehead atoms. The van der Waals surface area contributed by atoms with Gasteiger partial charge in [-0.05, 0) is 55.3 Å². The predicted molar refractivity (Wildman–Crippen MR) is 87.3 cm³/mol. The van der Waals surface area contributed by atoms with Crippen molar-refractivity contribution in [1.29, 1.82) is 0 Å². The van der Waals surface area contributed by atoms with Crippen LogP contribution < -0.4 is 9.47 Å². The molecule has 0 amide bonds. The summed E-state index contributed by atoms with van der Waals surface area (Å²) in [6.07, 6.45) is 0. The van der Waals surface area contributed by atoms with E-state index in [2.05, 4.69) is 15.0 Å². The molecule has 1 aromatic heterocycles. The maximum atomic E-state index is 5.92. The summed E-state index contributed by atoms with van der Waals surface area (Å²) in [7, 11) is 0. The van der Waals surface area contributed by atoms with E-state index < -0.39 is 0 Å². The molecule has 6 heteroatoms. The van der Waals surface area contributed by atoms with Crippen LogP contribution in [0.4, 0.5) is 0 Å². The van der Waals surface area contributed by atoms with Crippen molar-refractivity contribution >= 4 is 11.6 Å². The van der Waals surface area contributed by atoms with E-state index in [1.54, 1.807) is 0 Å². The third-order valence-corrected chi connectivity index (χ3v) is 3.16. The van der Waals surface area contributed by atoms with Crippen LogP contribution in [0.25, 0.3) is 0 Å². The number of benzene rings is 2. The molecule has 0 spiro atoms. The number of nitrogens with zero attached hydrogens (tertiary/aromatic N) is 3. The second-order valence-corrected chi connectivity index (χ2v) is 5.34. The number of hydrogen-bond donors (Lipinski definition) is 0. The Morgan fingerprint density at radius 2 is 1.39 bits per heavy atom. The molecule has 0 atom stereocenters. The van der Waals surface area contributed by atoms with Gasteiger partial charge in [0.25, 0.3) is 0 Å². The van der Waals surface area contributed by atoms with Crippen molar-refractivity contribution in [1.82, 2.24) is 15.0 Å². The molecular formula is C17H14ClN3O2. The quantitative estimate of drug-likeness (QED) is 0.693. The number of aryl methyl sites for hydroxylation is 2. The van der Waals surface area contributed by atoms with Gasteiger partial charge in [-0.15, -0.1) is 4.98 Å². The molecule has 0 N–H and O–H groups in total. The van der Waals surface area contributed by atoms with Crippen molar-refractivity contribution in [3.05, 3.63) is 64.9 Å². The van der Waals surface area contributed by atoms with E-state index in [1.807, 2.05) is 62.4 Å². The number of halogens is 1. The third-order valence-electron chi connectivity index (χ3n) is 3.00. The van der Waals surface area contributed by atoms with Gasteiger partial charge in [0.15, 0.2) is 0 Å². The van der Waals surface area contributed by atoms with Gasteiger partial charge in [-0.3, -0.25) is 0 Å². The Bertz CT molecular complexity index is 822. The van der Waals surface area contributed by atoms with E-state index >= 15 is 0 Å². The highest BCUT2D eigenvalue weighted by Crippen LogP contribution is 2.24.